The summed E-state index contributed by atoms with van der Waals surface area (Å²) in [6.45, 7) is 6.74. The second kappa shape index (κ2) is 6.28. The highest BCUT2D eigenvalue weighted by molar-refractivity contribution is 6.31. The van der Waals surface area contributed by atoms with Crippen molar-refractivity contribution in [3.8, 4) is 0 Å². The Morgan fingerprint density at radius 1 is 1.19 bits per heavy atom. The van der Waals surface area contributed by atoms with Gasteiger partial charge in [-0.15, -0.1) is 0 Å². The summed E-state index contributed by atoms with van der Waals surface area (Å²) in [6, 6.07) is 6.52. The van der Waals surface area contributed by atoms with E-state index >= 15 is 0 Å². The Bertz CT molecular complexity index is 488. The van der Waals surface area contributed by atoms with Crippen molar-refractivity contribution in [3.05, 3.63) is 34.3 Å². The van der Waals surface area contributed by atoms with Crippen molar-refractivity contribution in [2.24, 2.45) is 5.41 Å². The van der Waals surface area contributed by atoms with E-state index in [9.17, 15) is 0 Å². The molecule has 1 N–H and O–H groups in total. The van der Waals surface area contributed by atoms with Crippen molar-refractivity contribution in [1.29, 1.82) is 0 Å². The van der Waals surface area contributed by atoms with Crippen LogP contribution in [0.15, 0.2) is 18.2 Å². The number of benzene rings is 1. The lowest BCUT2D eigenvalue weighted by Crippen LogP contribution is -2.48. The zero-order valence-corrected chi connectivity index (χ0v) is 14.7. The minimum atomic E-state index is -0.136. The van der Waals surface area contributed by atoms with E-state index in [-0.39, 0.29) is 11.6 Å². The normalized spacial score (nSPS) is 22.0. The van der Waals surface area contributed by atoms with E-state index in [1.165, 1.54) is 18.4 Å². The SMILES string of the molecule is CNC(c1ccc(C)c(Cl)c1)C1(OC)CCC(C)(C)CC1. The van der Waals surface area contributed by atoms with Crippen LogP contribution in [0.3, 0.4) is 0 Å². The molecule has 1 aromatic rings. The smallest absolute Gasteiger partial charge is 0.0872 e. The van der Waals surface area contributed by atoms with Gasteiger partial charge in [0, 0.05) is 12.1 Å². The monoisotopic (exact) mass is 309 g/mol. The third-order valence-corrected chi connectivity index (χ3v) is 5.61. The van der Waals surface area contributed by atoms with Crippen molar-refractivity contribution in [2.45, 2.75) is 58.1 Å². The van der Waals surface area contributed by atoms with Crippen molar-refractivity contribution in [2.75, 3.05) is 14.2 Å². The first-order valence-corrected chi connectivity index (χ1v) is 8.20. The third-order valence-electron chi connectivity index (χ3n) is 5.20. The second-order valence-electron chi connectivity index (χ2n) is 7.16. The van der Waals surface area contributed by atoms with Crippen molar-refractivity contribution in [1.82, 2.24) is 5.32 Å². The first-order chi connectivity index (χ1) is 9.83. The number of aryl methyl sites for hydroxylation is 1. The molecular formula is C18H28ClNO. The van der Waals surface area contributed by atoms with Gasteiger partial charge >= 0.3 is 0 Å². The van der Waals surface area contributed by atoms with Gasteiger partial charge in [-0.2, -0.15) is 0 Å². The van der Waals surface area contributed by atoms with Crippen LogP contribution in [0.25, 0.3) is 0 Å². The van der Waals surface area contributed by atoms with E-state index in [0.29, 0.717) is 5.41 Å². The number of ether oxygens (including phenoxy) is 1. The molecule has 1 aliphatic carbocycles. The van der Waals surface area contributed by atoms with Gasteiger partial charge in [0.15, 0.2) is 0 Å². The predicted molar refractivity (Wildman–Crippen MR) is 90.0 cm³/mol. The number of hydrogen-bond donors (Lipinski definition) is 1. The van der Waals surface area contributed by atoms with Gasteiger partial charge in [-0.25, -0.2) is 0 Å². The molecule has 0 amide bonds. The van der Waals surface area contributed by atoms with Crippen molar-refractivity contribution in [3.63, 3.8) is 0 Å². The molecule has 0 radical (unpaired) electrons. The summed E-state index contributed by atoms with van der Waals surface area (Å²) in [5.41, 5.74) is 2.62. The van der Waals surface area contributed by atoms with Crippen LogP contribution in [0.2, 0.25) is 5.02 Å². The number of halogens is 1. The average Bonchev–Trinajstić information content (AvgIpc) is 2.45. The summed E-state index contributed by atoms with van der Waals surface area (Å²) in [6.07, 6.45) is 4.54. The molecule has 0 heterocycles. The maximum atomic E-state index is 6.32. The molecule has 118 valence electrons. The fraction of sp³-hybridized carbons (Fsp3) is 0.667. The highest BCUT2D eigenvalue weighted by Gasteiger charge is 2.44. The lowest BCUT2D eigenvalue weighted by molar-refractivity contribution is -0.0862. The number of rotatable bonds is 4. The molecule has 0 saturated heterocycles. The largest absolute Gasteiger partial charge is 0.376 e. The molecule has 1 aliphatic rings. The highest BCUT2D eigenvalue weighted by Crippen LogP contribution is 2.47. The molecule has 1 saturated carbocycles. The van der Waals surface area contributed by atoms with Crippen LogP contribution >= 0.6 is 11.6 Å². The van der Waals surface area contributed by atoms with Crippen LogP contribution in [-0.4, -0.2) is 19.8 Å². The predicted octanol–water partition coefficient (Wildman–Crippen LogP) is 4.89. The zero-order valence-electron chi connectivity index (χ0n) is 13.9. The number of methoxy groups -OCH3 is 1. The molecule has 2 rings (SSSR count). The second-order valence-corrected chi connectivity index (χ2v) is 7.57. The summed E-state index contributed by atoms with van der Waals surface area (Å²) >= 11 is 6.32. The summed E-state index contributed by atoms with van der Waals surface area (Å²) in [5.74, 6) is 0. The van der Waals surface area contributed by atoms with Crippen molar-refractivity contribution < 1.29 is 4.74 Å². The van der Waals surface area contributed by atoms with E-state index in [2.05, 4.69) is 37.4 Å². The van der Waals surface area contributed by atoms with Crippen molar-refractivity contribution >= 4 is 11.6 Å². The van der Waals surface area contributed by atoms with Crippen LogP contribution in [-0.2, 0) is 4.74 Å². The molecule has 1 atom stereocenters. The van der Waals surface area contributed by atoms with E-state index < -0.39 is 0 Å². The fourth-order valence-corrected chi connectivity index (χ4v) is 3.67. The Kier molecular flexibility index (Phi) is 5.02. The standard InChI is InChI=1S/C18H28ClNO/c1-13-6-7-14(12-15(13)19)16(20-4)18(21-5)10-8-17(2,3)9-11-18/h6-7,12,16,20H,8-11H2,1-5H3. The molecular weight excluding hydrogens is 282 g/mol. The van der Waals surface area contributed by atoms with Crippen LogP contribution in [0.5, 0.6) is 0 Å². The average molecular weight is 310 g/mol. The molecule has 21 heavy (non-hydrogen) atoms. The number of hydrogen-bond acceptors (Lipinski definition) is 2. The lowest BCUT2D eigenvalue weighted by Gasteiger charge is -2.47. The van der Waals surface area contributed by atoms with Gasteiger partial charge in [-0.3, -0.25) is 0 Å². The maximum Gasteiger partial charge on any atom is 0.0872 e. The Balaban J connectivity index is 2.31. The van der Waals surface area contributed by atoms with Crippen LogP contribution in [0, 0.1) is 12.3 Å². The Morgan fingerprint density at radius 3 is 2.29 bits per heavy atom. The van der Waals surface area contributed by atoms with Gasteiger partial charge in [0.1, 0.15) is 0 Å². The third kappa shape index (κ3) is 3.44. The minimum Gasteiger partial charge on any atom is -0.376 e. The highest BCUT2D eigenvalue weighted by atomic mass is 35.5. The summed E-state index contributed by atoms with van der Waals surface area (Å²) in [4.78, 5) is 0. The molecule has 3 heteroatoms. The molecule has 1 fully saturated rings. The molecule has 2 nitrogen and oxygen atoms in total. The van der Waals surface area contributed by atoms with Gasteiger partial charge in [-0.1, -0.05) is 37.6 Å². The molecule has 0 aliphatic heterocycles. The van der Waals surface area contributed by atoms with E-state index in [1.54, 1.807) is 0 Å². The van der Waals surface area contributed by atoms with Crippen LogP contribution < -0.4 is 5.32 Å². The zero-order chi connectivity index (χ0) is 15.7. The molecule has 1 aromatic carbocycles. The first-order valence-electron chi connectivity index (χ1n) is 7.82. The summed E-state index contributed by atoms with van der Waals surface area (Å²) in [5, 5.41) is 4.30. The number of nitrogens with one attached hydrogen (secondary N) is 1. The van der Waals surface area contributed by atoms with Gasteiger partial charge in [0.2, 0.25) is 0 Å². The van der Waals surface area contributed by atoms with E-state index in [1.807, 2.05) is 21.1 Å². The summed E-state index contributed by atoms with van der Waals surface area (Å²) < 4.78 is 6.04. The van der Waals surface area contributed by atoms with Crippen LogP contribution in [0.1, 0.15) is 56.7 Å². The quantitative estimate of drug-likeness (QED) is 0.854. The lowest BCUT2D eigenvalue weighted by atomic mass is 9.67. The Labute approximate surface area is 134 Å². The first kappa shape index (κ1) is 16.8. The molecule has 0 spiro atoms. The van der Waals surface area contributed by atoms with E-state index in [4.69, 9.17) is 16.3 Å². The Morgan fingerprint density at radius 2 is 1.81 bits per heavy atom. The van der Waals surface area contributed by atoms with Gasteiger partial charge in [-0.05, 0) is 62.3 Å². The fourth-order valence-electron chi connectivity index (χ4n) is 3.48. The minimum absolute atomic E-state index is 0.136. The van der Waals surface area contributed by atoms with E-state index in [0.717, 1.165) is 23.4 Å². The van der Waals surface area contributed by atoms with Gasteiger partial charge in [0.25, 0.3) is 0 Å². The topological polar surface area (TPSA) is 21.3 Å². The summed E-state index contributed by atoms with van der Waals surface area (Å²) in [7, 11) is 3.86. The van der Waals surface area contributed by atoms with Crippen LogP contribution in [0.4, 0.5) is 0 Å². The molecule has 1 unspecified atom stereocenters. The maximum absolute atomic E-state index is 6.32. The molecule has 0 bridgehead atoms. The molecule has 0 aromatic heterocycles. The number of likely N-dealkylation sites (N-methyl/N-ethyl adjacent to an activating group) is 1. The Hall–Kier alpha value is -0.570. The van der Waals surface area contributed by atoms with Gasteiger partial charge in [0.05, 0.1) is 11.6 Å². The van der Waals surface area contributed by atoms with Gasteiger partial charge < -0.3 is 10.1 Å².